The molecule has 3 atom stereocenters. The van der Waals surface area contributed by atoms with E-state index in [0.717, 1.165) is 57.8 Å². The van der Waals surface area contributed by atoms with Crippen LogP contribution in [0.1, 0.15) is 125 Å². The van der Waals surface area contributed by atoms with Crippen molar-refractivity contribution in [3.05, 3.63) is 12.7 Å². The zero-order valence-corrected chi connectivity index (χ0v) is 25.3. The van der Waals surface area contributed by atoms with E-state index in [4.69, 9.17) is 31.7 Å². The second kappa shape index (κ2) is 47.6. The predicted molar refractivity (Wildman–Crippen MR) is 156 cm³/mol. The lowest BCUT2D eigenvalue weighted by atomic mass is 10.2. The lowest BCUT2D eigenvalue weighted by molar-refractivity contribution is -0.107. The summed E-state index contributed by atoms with van der Waals surface area (Å²) in [6, 6.07) is 0. The Hall–Kier alpha value is -0.530. The third-order valence-corrected chi connectivity index (χ3v) is 4.63. The molecule has 3 unspecified atom stereocenters. The summed E-state index contributed by atoms with van der Waals surface area (Å²) in [4.78, 5) is 9.40. The highest BCUT2D eigenvalue weighted by atomic mass is 35.5. The van der Waals surface area contributed by atoms with Crippen LogP contribution in [0, 0.1) is 0 Å². The maximum absolute atomic E-state index is 11.9. The first kappa shape index (κ1) is 45.4. The van der Waals surface area contributed by atoms with Crippen LogP contribution in [0.2, 0.25) is 0 Å². The summed E-state index contributed by atoms with van der Waals surface area (Å²) in [5.41, 5.74) is 0. The molecule has 0 aliphatic carbocycles. The van der Waals surface area contributed by atoms with E-state index in [1.54, 1.807) is 0 Å². The first-order valence-corrected chi connectivity index (χ1v) is 14.5. The third-order valence-electron chi connectivity index (χ3n) is 4.27. The predicted octanol–water partition coefficient (Wildman–Crippen LogP) is 7.82. The van der Waals surface area contributed by atoms with Gasteiger partial charge in [-0.1, -0.05) is 86.1 Å². The van der Waals surface area contributed by atoms with Crippen LogP contribution in [0.25, 0.3) is 0 Å². The van der Waals surface area contributed by atoms with Crippen LogP contribution in [-0.4, -0.2) is 65.7 Å². The average molecular weight is 545 g/mol. The minimum atomic E-state index is -0.995. The molecule has 7 heteroatoms. The van der Waals surface area contributed by atoms with Crippen molar-refractivity contribution in [1.82, 2.24) is 0 Å². The van der Waals surface area contributed by atoms with Gasteiger partial charge in [-0.05, 0) is 38.5 Å². The molecule has 0 spiro atoms. The number of alkyl halides is 2. The van der Waals surface area contributed by atoms with Gasteiger partial charge in [0.05, 0.1) is 31.3 Å². The molecule has 1 aliphatic rings. The van der Waals surface area contributed by atoms with Gasteiger partial charge in [0.25, 0.3) is 0 Å². The summed E-state index contributed by atoms with van der Waals surface area (Å²) in [5, 5.41) is 24.6. The van der Waals surface area contributed by atoms with Gasteiger partial charge in [-0.2, -0.15) is 0 Å². The van der Waals surface area contributed by atoms with Gasteiger partial charge in [-0.25, -0.2) is 4.39 Å². The Kier molecular flexibility index (Phi) is 60.1. The molecule has 5 nitrogen and oxygen atoms in total. The zero-order chi connectivity index (χ0) is 28.9. The van der Waals surface area contributed by atoms with Crippen LogP contribution in [0.4, 0.5) is 4.39 Å². The van der Waals surface area contributed by atoms with Gasteiger partial charge >= 0.3 is 0 Å². The largest absolute Gasteiger partial charge is 0.396 e. The van der Waals surface area contributed by atoms with Gasteiger partial charge < -0.3 is 24.9 Å². The van der Waals surface area contributed by atoms with Crippen LogP contribution >= 0.6 is 11.6 Å². The van der Waals surface area contributed by atoms with Gasteiger partial charge in [-0.3, -0.25) is 0 Å². The van der Waals surface area contributed by atoms with E-state index >= 15 is 0 Å². The van der Waals surface area contributed by atoms with Crippen molar-refractivity contribution >= 4 is 17.9 Å². The molecule has 0 radical (unpaired) electrons. The topological polar surface area (TPSA) is 90.3 Å². The van der Waals surface area contributed by atoms with Crippen LogP contribution in [0.15, 0.2) is 12.7 Å². The summed E-state index contributed by atoms with van der Waals surface area (Å²) in [6.07, 6.45) is 15.7. The number of hydrogen-bond acceptors (Lipinski definition) is 5. The standard InChI is InChI=1S/C5H11ClO.C5H11FO.C5H10O.C5H12O.C5H10.C4H8O/c2*1-2-3-5(6)4-7;1-2-3-5-4-6-5;1-2-3-4-5-6;1-3-5-4-2;1-2-3-4-5/h2*5,7H,2-4H2,1H3;5H,2-4H2,1H3;6H,2-5H2,1H3;3H,1,4-5H2,2H3;4H,2-3H2,1H3. The number of aliphatic hydroxyl groups excluding tert-OH is 3. The maximum Gasteiger partial charge on any atom is 0.123 e. The molecule has 0 aromatic heterocycles. The average Bonchev–Trinajstić information content (AvgIpc) is 3.70. The molecule has 1 saturated heterocycles. The van der Waals surface area contributed by atoms with Crippen molar-refractivity contribution in [2.75, 3.05) is 26.4 Å². The van der Waals surface area contributed by atoms with Gasteiger partial charge in [0, 0.05) is 13.0 Å². The Morgan fingerprint density at radius 2 is 1.44 bits per heavy atom. The van der Waals surface area contributed by atoms with E-state index in [1.165, 1.54) is 25.7 Å². The summed E-state index contributed by atoms with van der Waals surface area (Å²) in [7, 11) is 0. The third kappa shape index (κ3) is 69.9. The van der Waals surface area contributed by atoms with Crippen molar-refractivity contribution in [1.29, 1.82) is 0 Å². The Balaban J connectivity index is -0.000000107. The number of carbonyl (C=O) groups excluding carboxylic acids is 1. The van der Waals surface area contributed by atoms with Gasteiger partial charge in [-0.15, -0.1) is 18.2 Å². The Morgan fingerprint density at radius 1 is 0.889 bits per heavy atom. The number of ether oxygens (including phenoxy) is 1. The molecular formula is C29H62ClFO5. The molecule has 222 valence electrons. The monoisotopic (exact) mass is 544 g/mol. The van der Waals surface area contributed by atoms with Gasteiger partial charge in [0.15, 0.2) is 0 Å². The lowest BCUT2D eigenvalue weighted by Gasteiger charge is -1.99. The first-order valence-electron chi connectivity index (χ1n) is 14.1. The molecule has 0 aromatic rings. The van der Waals surface area contributed by atoms with E-state index in [0.29, 0.717) is 25.6 Å². The highest BCUT2D eigenvalue weighted by Gasteiger charge is 2.19. The van der Waals surface area contributed by atoms with Gasteiger partial charge in [0.2, 0.25) is 0 Å². The highest BCUT2D eigenvalue weighted by molar-refractivity contribution is 6.20. The Labute approximate surface area is 228 Å². The Bertz CT molecular complexity index is 333. The molecule has 0 bridgehead atoms. The number of allylic oxidation sites excluding steroid dienone is 1. The lowest BCUT2D eigenvalue weighted by Crippen LogP contribution is -2.03. The smallest absolute Gasteiger partial charge is 0.123 e. The van der Waals surface area contributed by atoms with Gasteiger partial charge in [0.1, 0.15) is 12.5 Å². The number of aldehydes is 1. The fourth-order valence-corrected chi connectivity index (χ4v) is 2.27. The maximum atomic E-state index is 11.9. The fourth-order valence-electron chi connectivity index (χ4n) is 2.05. The molecule has 0 aromatic carbocycles. The summed E-state index contributed by atoms with van der Waals surface area (Å²) >= 11 is 5.52. The normalized spacial score (nSPS) is 14.1. The SMILES string of the molecule is C=CCCC.CCCC(Cl)CO.CCCC(F)CO.CCCC1CO1.CCCC=O.CCCCCO. The summed E-state index contributed by atoms with van der Waals surface area (Å²) in [5.74, 6) is 0. The second-order valence-corrected chi connectivity index (χ2v) is 8.96. The summed E-state index contributed by atoms with van der Waals surface area (Å²) < 4.78 is 16.8. The first-order chi connectivity index (χ1) is 17.3. The number of carbonyl (C=O) groups is 1. The number of epoxide rings is 1. The number of unbranched alkanes of at least 4 members (excludes halogenated alkanes) is 4. The van der Waals surface area contributed by atoms with E-state index in [-0.39, 0.29) is 18.6 Å². The zero-order valence-electron chi connectivity index (χ0n) is 24.5. The minimum Gasteiger partial charge on any atom is -0.396 e. The molecule has 1 rings (SSSR count). The van der Waals surface area contributed by atoms with Crippen molar-refractivity contribution in [3.63, 3.8) is 0 Å². The van der Waals surface area contributed by atoms with E-state index in [9.17, 15) is 9.18 Å². The molecular weight excluding hydrogens is 483 g/mol. The number of hydrogen-bond donors (Lipinski definition) is 3. The van der Waals surface area contributed by atoms with Crippen LogP contribution < -0.4 is 0 Å². The molecule has 1 heterocycles. The Morgan fingerprint density at radius 3 is 1.56 bits per heavy atom. The van der Waals surface area contributed by atoms with E-state index < -0.39 is 6.17 Å². The molecule has 3 N–H and O–H groups in total. The number of rotatable bonds is 15. The van der Waals surface area contributed by atoms with Crippen molar-refractivity contribution in [3.8, 4) is 0 Å². The number of halogens is 2. The molecule has 0 saturated carbocycles. The highest BCUT2D eigenvalue weighted by Crippen LogP contribution is 2.14. The van der Waals surface area contributed by atoms with Crippen molar-refractivity contribution in [2.45, 2.75) is 143 Å². The van der Waals surface area contributed by atoms with Crippen molar-refractivity contribution in [2.24, 2.45) is 0 Å². The van der Waals surface area contributed by atoms with E-state index in [1.807, 2.05) is 26.8 Å². The van der Waals surface area contributed by atoms with Crippen molar-refractivity contribution < 1.29 is 29.2 Å². The van der Waals surface area contributed by atoms with Crippen LogP contribution in [-0.2, 0) is 9.53 Å². The summed E-state index contributed by atoms with van der Waals surface area (Å²) in [6.45, 7) is 17.1. The quantitative estimate of drug-likeness (QED) is 0.0642. The minimum absolute atomic E-state index is 0.0231. The molecule has 1 aliphatic heterocycles. The van der Waals surface area contributed by atoms with Crippen LogP contribution in [0.5, 0.6) is 0 Å². The second-order valence-electron chi connectivity index (χ2n) is 8.34. The molecule has 0 amide bonds. The molecule has 1 fully saturated rings. The fraction of sp³-hybridized carbons (Fsp3) is 0.897. The number of aliphatic hydroxyl groups is 3. The van der Waals surface area contributed by atoms with Crippen LogP contribution in [0.3, 0.4) is 0 Å². The molecule has 36 heavy (non-hydrogen) atoms. The van der Waals surface area contributed by atoms with E-state index in [2.05, 4.69) is 27.4 Å².